The fourth-order valence-corrected chi connectivity index (χ4v) is 3.12. The van der Waals surface area contributed by atoms with E-state index in [2.05, 4.69) is 35.1 Å². The summed E-state index contributed by atoms with van der Waals surface area (Å²) in [7, 11) is 0. The van der Waals surface area contributed by atoms with Crippen molar-refractivity contribution in [1.29, 1.82) is 0 Å². The molecule has 0 aliphatic rings. The Morgan fingerprint density at radius 3 is 2.58 bits per heavy atom. The lowest BCUT2D eigenvalue weighted by molar-refractivity contribution is 0.0948. The van der Waals surface area contributed by atoms with Gasteiger partial charge in [0.2, 0.25) is 0 Å². The Morgan fingerprint density at radius 1 is 1.42 bits per heavy atom. The van der Waals surface area contributed by atoms with Crippen LogP contribution in [-0.4, -0.2) is 17.3 Å². The van der Waals surface area contributed by atoms with E-state index < -0.39 is 11.7 Å². The summed E-state index contributed by atoms with van der Waals surface area (Å²) < 4.78 is 13.6. The minimum Gasteiger partial charge on any atom is -0.351 e. The predicted molar refractivity (Wildman–Crippen MR) is 80.5 cm³/mol. The van der Waals surface area contributed by atoms with E-state index in [1.165, 1.54) is 18.2 Å². The third kappa shape index (κ3) is 4.46. The van der Waals surface area contributed by atoms with Crippen molar-refractivity contribution in [3.8, 4) is 0 Å². The molecule has 5 heteroatoms. The van der Waals surface area contributed by atoms with Gasteiger partial charge in [0.25, 0.3) is 5.91 Å². The highest BCUT2D eigenvalue weighted by atomic mass is 79.9. The zero-order chi connectivity index (χ0) is 14.4. The summed E-state index contributed by atoms with van der Waals surface area (Å²) in [5, 5.41) is 2.85. The Bertz CT molecular complexity index is 417. The van der Waals surface area contributed by atoms with E-state index in [0.29, 0.717) is 12.5 Å². The van der Waals surface area contributed by atoms with Crippen LogP contribution in [0.5, 0.6) is 0 Å². The molecule has 0 aromatic heterocycles. The number of nitrogens with one attached hydrogen (secondary N) is 1. The van der Waals surface area contributed by atoms with Gasteiger partial charge in [-0.2, -0.15) is 0 Å². The SMILES string of the molecule is CCC(CC)C(Br)CNC(=O)c1c(F)cccc1Cl. The highest BCUT2D eigenvalue weighted by molar-refractivity contribution is 9.09. The van der Waals surface area contributed by atoms with E-state index in [0.717, 1.165) is 12.8 Å². The lowest BCUT2D eigenvalue weighted by Crippen LogP contribution is -2.33. The maximum atomic E-state index is 13.6. The van der Waals surface area contributed by atoms with Gasteiger partial charge < -0.3 is 5.32 Å². The van der Waals surface area contributed by atoms with Crippen LogP contribution in [0.1, 0.15) is 37.0 Å². The molecule has 1 N–H and O–H groups in total. The summed E-state index contributed by atoms with van der Waals surface area (Å²) >= 11 is 9.41. The normalized spacial score (nSPS) is 12.5. The highest BCUT2D eigenvalue weighted by Crippen LogP contribution is 2.21. The number of carbonyl (C=O) groups is 1. The zero-order valence-corrected chi connectivity index (χ0v) is 13.4. The number of alkyl halides is 1. The highest BCUT2D eigenvalue weighted by Gasteiger charge is 2.19. The molecule has 0 saturated carbocycles. The Kier molecular flexibility index (Phi) is 6.80. The van der Waals surface area contributed by atoms with Gasteiger partial charge in [-0.05, 0) is 18.1 Å². The van der Waals surface area contributed by atoms with Gasteiger partial charge in [0, 0.05) is 11.4 Å². The average molecular weight is 351 g/mol. The fourth-order valence-electron chi connectivity index (χ4n) is 1.96. The standard InChI is InChI=1S/C14H18BrClFNO/c1-3-9(4-2)10(15)8-18-14(19)13-11(16)6-5-7-12(13)17/h5-7,9-10H,3-4,8H2,1-2H3,(H,18,19). The molecule has 0 spiro atoms. The van der Waals surface area contributed by atoms with E-state index in [-0.39, 0.29) is 15.4 Å². The van der Waals surface area contributed by atoms with Crippen molar-refractivity contribution >= 4 is 33.4 Å². The van der Waals surface area contributed by atoms with Gasteiger partial charge in [-0.15, -0.1) is 0 Å². The van der Waals surface area contributed by atoms with Gasteiger partial charge in [0.15, 0.2) is 0 Å². The van der Waals surface area contributed by atoms with E-state index in [4.69, 9.17) is 11.6 Å². The third-order valence-corrected chi connectivity index (χ3v) is 4.59. The summed E-state index contributed by atoms with van der Waals surface area (Å²) in [5.74, 6) is -0.589. The van der Waals surface area contributed by atoms with E-state index in [1.54, 1.807) is 0 Å². The first-order chi connectivity index (χ1) is 9.01. The molecular formula is C14H18BrClFNO. The molecule has 0 saturated heterocycles. The minimum absolute atomic E-state index is 0.0894. The molecule has 19 heavy (non-hydrogen) atoms. The summed E-state index contributed by atoms with van der Waals surface area (Å²) in [4.78, 5) is 12.1. The fraction of sp³-hybridized carbons (Fsp3) is 0.500. The van der Waals surface area contributed by atoms with Crippen molar-refractivity contribution in [2.24, 2.45) is 5.92 Å². The topological polar surface area (TPSA) is 29.1 Å². The molecule has 1 rings (SSSR count). The number of hydrogen-bond donors (Lipinski definition) is 1. The largest absolute Gasteiger partial charge is 0.351 e. The molecule has 0 aliphatic carbocycles. The Labute approximate surface area is 126 Å². The third-order valence-electron chi connectivity index (χ3n) is 3.21. The smallest absolute Gasteiger partial charge is 0.255 e. The zero-order valence-electron chi connectivity index (χ0n) is 11.1. The number of hydrogen-bond acceptors (Lipinski definition) is 1. The molecule has 106 valence electrons. The van der Waals surface area contributed by atoms with Crippen LogP contribution >= 0.6 is 27.5 Å². The number of benzene rings is 1. The van der Waals surface area contributed by atoms with Crippen LogP contribution in [0.2, 0.25) is 5.02 Å². The second-order valence-electron chi connectivity index (χ2n) is 4.40. The van der Waals surface area contributed by atoms with Crippen LogP contribution in [0.25, 0.3) is 0 Å². The molecule has 1 atom stereocenters. The molecule has 1 unspecified atom stereocenters. The van der Waals surface area contributed by atoms with Gasteiger partial charge in [0.1, 0.15) is 5.82 Å². The quantitative estimate of drug-likeness (QED) is 0.757. The van der Waals surface area contributed by atoms with Crippen LogP contribution in [0.4, 0.5) is 4.39 Å². The number of rotatable bonds is 6. The van der Waals surface area contributed by atoms with E-state index in [9.17, 15) is 9.18 Å². The number of carbonyl (C=O) groups excluding carboxylic acids is 1. The molecule has 2 nitrogen and oxygen atoms in total. The first kappa shape index (κ1) is 16.4. The molecule has 0 fully saturated rings. The summed E-state index contributed by atoms with van der Waals surface area (Å²) in [6.07, 6.45) is 2.06. The van der Waals surface area contributed by atoms with Gasteiger partial charge >= 0.3 is 0 Å². The lowest BCUT2D eigenvalue weighted by Gasteiger charge is -2.20. The summed E-state index contributed by atoms with van der Waals surface area (Å²) in [6.45, 7) is 4.67. The number of halogens is 3. The number of amides is 1. The monoisotopic (exact) mass is 349 g/mol. The molecule has 0 heterocycles. The second-order valence-corrected chi connectivity index (χ2v) is 5.98. The maximum Gasteiger partial charge on any atom is 0.255 e. The first-order valence-corrected chi connectivity index (χ1v) is 7.66. The van der Waals surface area contributed by atoms with Crippen LogP contribution in [-0.2, 0) is 0 Å². The molecule has 0 bridgehead atoms. The van der Waals surface area contributed by atoms with Crippen molar-refractivity contribution < 1.29 is 9.18 Å². The van der Waals surface area contributed by atoms with Gasteiger partial charge in [-0.3, -0.25) is 4.79 Å². The van der Waals surface area contributed by atoms with Gasteiger partial charge in [-0.25, -0.2) is 4.39 Å². The van der Waals surface area contributed by atoms with Crippen molar-refractivity contribution in [2.45, 2.75) is 31.5 Å². The molecule has 1 aromatic carbocycles. The molecular weight excluding hydrogens is 333 g/mol. The van der Waals surface area contributed by atoms with Gasteiger partial charge in [-0.1, -0.05) is 60.3 Å². The van der Waals surface area contributed by atoms with Gasteiger partial charge in [0.05, 0.1) is 10.6 Å². The maximum absolute atomic E-state index is 13.6. The molecule has 0 radical (unpaired) electrons. The minimum atomic E-state index is -0.598. The molecule has 1 aromatic rings. The van der Waals surface area contributed by atoms with Crippen LogP contribution in [0.15, 0.2) is 18.2 Å². The Morgan fingerprint density at radius 2 is 2.05 bits per heavy atom. The lowest BCUT2D eigenvalue weighted by atomic mass is 9.99. The van der Waals surface area contributed by atoms with Crippen LogP contribution < -0.4 is 5.32 Å². The Balaban J connectivity index is 2.66. The summed E-state index contributed by atoms with van der Waals surface area (Å²) in [5.41, 5.74) is -0.0894. The predicted octanol–water partition coefficient (Wildman–Crippen LogP) is 4.41. The van der Waals surface area contributed by atoms with Crippen LogP contribution in [0, 0.1) is 11.7 Å². The second kappa shape index (κ2) is 7.85. The van der Waals surface area contributed by atoms with E-state index >= 15 is 0 Å². The Hall–Kier alpha value is -0.610. The first-order valence-electron chi connectivity index (χ1n) is 6.37. The van der Waals surface area contributed by atoms with Crippen molar-refractivity contribution in [2.75, 3.05) is 6.54 Å². The molecule has 1 amide bonds. The van der Waals surface area contributed by atoms with Crippen molar-refractivity contribution in [3.05, 3.63) is 34.6 Å². The van der Waals surface area contributed by atoms with E-state index in [1.807, 2.05) is 0 Å². The van der Waals surface area contributed by atoms with Crippen molar-refractivity contribution in [1.82, 2.24) is 5.32 Å². The average Bonchev–Trinajstić information content (AvgIpc) is 2.37. The summed E-state index contributed by atoms with van der Waals surface area (Å²) in [6, 6.07) is 4.21. The van der Waals surface area contributed by atoms with Crippen molar-refractivity contribution in [3.63, 3.8) is 0 Å². The van der Waals surface area contributed by atoms with Crippen LogP contribution in [0.3, 0.4) is 0 Å². The molecule has 0 aliphatic heterocycles.